The van der Waals surface area contributed by atoms with Crippen LogP contribution >= 0.6 is 17.0 Å². The van der Waals surface area contributed by atoms with Gasteiger partial charge in [0.05, 0.1) is 0 Å². The molecule has 206 valence electrons. The van der Waals surface area contributed by atoms with E-state index in [9.17, 15) is 43.9 Å². The van der Waals surface area contributed by atoms with Crippen LogP contribution in [0.4, 0.5) is 43.9 Å². The van der Waals surface area contributed by atoms with Gasteiger partial charge in [0, 0.05) is 10.9 Å². The fourth-order valence-electron chi connectivity index (χ4n) is 3.70. The van der Waals surface area contributed by atoms with Crippen LogP contribution in [0, 0.1) is 58.2 Å². The number of hydrogen-bond acceptors (Lipinski definition) is 0. The molecule has 4 rings (SSSR count). The molecule has 0 unspecified atom stereocenters. The second kappa shape index (κ2) is 15.7. The summed E-state index contributed by atoms with van der Waals surface area (Å²) < 4.78 is 139. The van der Waals surface area contributed by atoms with Gasteiger partial charge in [0.1, 0.15) is 0 Å². The Bertz CT molecular complexity index is 1200. The summed E-state index contributed by atoms with van der Waals surface area (Å²) in [6.07, 6.45) is -0.663. The average Bonchev–Trinajstić information content (AvgIpc) is 3.66. The molecule has 0 amide bonds. The zero-order valence-corrected chi connectivity index (χ0v) is 23.4. The van der Waals surface area contributed by atoms with Gasteiger partial charge in [-0.15, -0.1) is 0 Å². The molecule has 0 radical (unpaired) electrons. The first kappa shape index (κ1) is 33.2. The van der Waals surface area contributed by atoms with Crippen molar-refractivity contribution in [2.45, 2.75) is 19.2 Å². The molecular weight excluding hydrogens is 663 g/mol. The van der Waals surface area contributed by atoms with Crippen LogP contribution in [0.15, 0.2) is 54.6 Å². The fourth-order valence-corrected chi connectivity index (χ4v) is 3.70. The average molecular weight is 678 g/mol. The van der Waals surface area contributed by atoms with Crippen molar-refractivity contribution >= 4 is 34.7 Å². The van der Waals surface area contributed by atoms with Gasteiger partial charge >= 0.3 is 37.9 Å². The number of rotatable bonds is 6. The van der Waals surface area contributed by atoms with Crippen molar-refractivity contribution in [3.8, 4) is 0 Å². The van der Waals surface area contributed by atoms with E-state index in [-0.39, 0.29) is 12.8 Å². The molecule has 4 aromatic carbocycles. The smallest absolute Gasteiger partial charge is 0.172 e. The standard InChI is InChI=1S/C20H10BF10.C5H5.2ClH.Zr/c22-11-9(12(23)16(27)19(30)15(11)26)21(7-3-6-8-4-1-2-5-8)10-13(24)17(28)20(31)18(29)14(10)25;1-2-4-5-3-1;;;/h1-2,4-5H,3,6-7H2;1-5H;2*1H;/q2*-1;;;+4/p-2. The van der Waals surface area contributed by atoms with Crippen LogP contribution in [0.2, 0.25) is 6.32 Å². The van der Waals surface area contributed by atoms with Gasteiger partial charge in [-0.2, -0.15) is 35.9 Å². The minimum Gasteiger partial charge on any atom is -0.214 e. The van der Waals surface area contributed by atoms with Crippen molar-refractivity contribution in [3.05, 3.63) is 118 Å². The summed E-state index contributed by atoms with van der Waals surface area (Å²) >= 11 is -0.826. The molecular formula is C25H15BCl2F10Zr. The van der Waals surface area contributed by atoms with E-state index < -0.39 is 103 Å². The molecule has 0 heterocycles. The molecule has 0 nitrogen and oxygen atoms in total. The van der Waals surface area contributed by atoms with Crippen LogP contribution in [-0.2, 0) is 27.3 Å². The van der Waals surface area contributed by atoms with Crippen LogP contribution in [0.1, 0.15) is 12.0 Å². The number of benzene rings is 2. The third-order valence-electron chi connectivity index (χ3n) is 5.43. The Morgan fingerprint density at radius 2 is 0.974 bits per heavy atom. The summed E-state index contributed by atoms with van der Waals surface area (Å²) in [5.41, 5.74) is -2.68. The molecule has 0 atom stereocenters. The maximum Gasteiger partial charge on any atom is -0.172 e. The number of hydrogen-bond donors (Lipinski definition) is 0. The summed E-state index contributed by atoms with van der Waals surface area (Å²) in [5, 5.41) is 0. The molecule has 0 aliphatic heterocycles. The van der Waals surface area contributed by atoms with Crippen molar-refractivity contribution in [1.29, 1.82) is 0 Å². The fraction of sp³-hybridized carbons (Fsp3) is 0.120. The zero-order chi connectivity index (χ0) is 29.3. The van der Waals surface area contributed by atoms with Crippen LogP contribution in [0.5, 0.6) is 0 Å². The molecule has 0 N–H and O–H groups in total. The summed E-state index contributed by atoms with van der Waals surface area (Å²) in [6.45, 7) is -2.34. The summed E-state index contributed by atoms with van der Waals surface area (Å²) in [7, 11) is 9.87. The van der Waals surface area contributed by atoms with E-state index >= 15 is 0 Å². The van der Waals surface area contributed by atoms with Gasteiger partial charge in [-0.25, -0.2) is 68.2 Å². The van der Waals surface area contributed by atoms with Crippen molar-refractivity contribution in [2.75, 3.05) is 0 Å². The van der Waals surface area contributed by atoms with E-state index in [1.54, 1.807) is 24.3 Å². The van der Waals surface area contributed by atoms with Gasteiger partial charge in [-0.1, -0.05) is 19.2 Å². The topological polar surface area (TPSA) is 0 Å². The monoisotopic (exact) mass is 676 g/mol. The molecule has 0 saturated carbocycles. The minimum atomic E-state index is -2.52. The maximum absolute atomic E-state index is 14.4. The van der Waals surface area contributed by atoms with E-state index in [0.717, 1.165) is 0 Å². The molecule has 4 aromatic rings. The Hall–Kier alpha value is -2.03. The molecule has 0 spiro atoms. The van der Waals surface area contributed by atoms with Crippen molar-refractivity contribution in [2.24, 2.45) is 0 Å². The molecule has 0 aliphatic carbocycles. The van der Waals surface area contributed by atoms with E-state index in [4.69, 9.17) is 17.0 Å². The van der Waals surface area contributed by atoms with Gasteiger partial charge in [0.25, 0.3) is 0 Å². The Morgan fingerprint density at radius 1 is 0.590 bits per heavy atom. The van der Waals surface area contributed by atoms with Crippen molar-refractivity contribution in [1.82, 2.24) is 0 Å². The van der Waals surface area contributed by atoms with E-state index in [2.05, 4.69) is 0 Å². The maximum atomic E-state index is 14.4. The van der Waals surface area contributed by atoms with Crippen molar-refractivity contribution < 1.29 is 64.8 Å². The Balaban J connectivity index is 0.000000577. The number of aryl methyl sites for hydroxylation is 1. The van der Waals surface area contributed by atoms with Gasteiger partial charge in [-0.05, 0) is 0 Å². The zero-order valence-electron chi connectivity index (χ0n) is 19.4. The van der Waals surface area contributed by atoms with Crippen molar-refractivity contribution in [3.63, 3.8) is 0 Å². The Morgan fingerprint density at radius 3 is 1.28 bits per heavy atom. The SMILES string of the molecule is Fc1c(F)c(F)c(B(CCCc2ccc[cH-]2)c2c(F)c(F)c(F)c(F)c2F)c(F)c1F.[Cl][Zr+2][Cl].c1cc[cH-]c1. The molecule has 39 heavy (non-hydrogen) atoms. The van der Waals surface area contributed by atoms with Gasteiger partial charge < -0.3 is 0 Å². The van der Waals surface area contributed by atoms with Crippen LogP contribution in [0.25, 0.3) is 0 Å². The van der Waals surface area contributed by atoms with E-state index in [1.165, 1.54) is 0 Å². The second-order valence-corrected chi connectivity index (χ2v) is 11.5. The molecule has 0 saturated heterocycles. The summed E-state index contributed by atoms with van der Waals surface area (Å²) in [4.78, 5) is 0. The molecule has 14 heteroatoms. The first-order chi connectivity index (χ1) is 18.5. The van der Waals surface area contributed by atoms with Gasteiger partial charge in [0.2, 0.25) is 6.71 Å². The normalized spacial score (nSPS) is 10.3. The Kier molecular flexibility index (Phi) is 13.3. The van der Waals surface area contributed by atoms with E-state index in [0.29, 0.717) is 5.56 Å². The second-order valence-electron chi connectivity index (χ2n) is 7.74. The largest absolute Gasteiger partial charge is 0.214 e. The minimum absolute atomic E-state index is 0.131. The molecule has 0 bridgehead atoms. The molecule has 0 aliphatic rings. The summed E-state index contributed by atoms with van der Waals surface area (Å²) in [5.74, 6) is -24.3. The first-order valence-corrected chi connectivity index (χ1v) is 17.2. The molecule has 0 aromatic heterocycles. The summed E-state index contributed by atoms with van der Waals surface area (Å²) in [6, 6.07) is 16.5. The van der Waals surface area contributed by atoms with Gasteiger partial charge in [0.15, 0.2) is 58.2 Å². The predicted octanol–water partition coefficient (Wildman–Crippen LogP) is 7.82. The predicted molar refractivity (Wildman–Crippen MR) is 126 cm³/mol. The van der Waals surface area contributed by atoms with Crippen LogP contribution < -0.4 is 10.9 Å². The third kappa shape index (κ3) is 8.01. The molecule has 0 fully saturated rings. The third-order valence-corrected chi connectivity index (χ3v) is 5.43. The van der Waals surface area contributed by atoms with Crippen LogP contribution in [0.3, 0.4) is 0 Å². The van der Waals surface area contributed by atoms with Gasteiger partial charge in [-0.3, -0.25) is 0 Å². The van der Waals surface area contributed by atoms with Crippen LogP contribution in [-0.4, -0.2) is 6.71 Å². The Labute approximate surface area is 236 Å². The quantitative estimate of drug-likeness (QED) is 0.0642. The first-order valence-electron chi connectivity index (χ1n) is 10.9. The number of halogens is 12. The van der Waals surface area contributed by atoms with E-state index in [1.807, 2.05) is 30.3 Å².